The number of nitrogens with one attached hydrogen (secondary N) is 1. The highest BCUT2D eigenvalue weighted by Crippen LogP contribution is 2.32. The van der Waals surface area contributed by atoms with Crippen molar-refractivity contribution in [3.8, 4) is 23.1 Å². The van der Waals surface area contributed by atoms with Gasteiger partial charge in [0, 0.05) is 28.8 Å². The van der Waals surface area contributed by atoms with Crippen LogP contribution in [-0.4, -0.2) is 28.7 Å². The molecule has 0 aliphatic carbocycles. The first kappa shape index (κ1) is 20.8. The highest BCUT2D eigenvalue weighted by atomic mass is 32.2. The lowest BCUT2D eigenvalue weighted by Crippen LogP contribution is -2.12. The van der Waals surface area contributed by atoms with Crippen LogP contribution in [-0.2, 0) is 4.79 Å². The number of carbonyl (C=O) groups is 1. The molecule has 0 fully saturated rings. The van der Waals surface area contributed by atoms with E-state index in [1.165, 1.54) is 23.1 Å². The van der Waals surface area contributed by atoms with E-state index < -0.39 is 0 Å². The number of hydrogen-bond acceptors (Lipinski definition) is 7. The van der Waals surface area contributed by atoms with Crippen molar-refractivity contribution in [3.05, 3.63) is 52.5 Å². The van der Waals surface area contributed by atoms with Crippen molar-refractivity contribution in [2.45, 2.75) is 25.3 Å². The van der Waals surface area contributed by atoms with Crippen LogP contribution in [0.25, 0.3) is 11.3 Å². The van der Waals surface area contributed by atoms with Crippen molar-refractivity contribution < 1.29 is 9.53 Å². The van der Waals surface area contributed by atoms with Crippen LogP contribution in [0.2, 0.25) is 0 Å². The molecule has 0 aliphatic rings. The summed E-state index contributed by atoms with van der Waals surface area (Å²) in [6.07, 6.45) is 0.299. The zero-order chi connectivity index (χ0) is 20.8. The number of aryl methyl sites for hydroxylation is 2. The lowest BCUT2D eigenvalue weighted by Gasteiger charge is -2.07. The summed E-state index contributed by atoms with van der Waals surface area (Å²) in [5.74, 6) is 1.14. The van der Waals surface area contributed by atoms with E-state index in [0.717, 1.165) is 28.3 Å². The summed E-state index contributed by atoms with van der Waals surface area (Å²) in [6.45, 7) is 3.79. The Morgan fingerprint density at radius 2 is 2.10 bits per heavy atom. The van der Waals surface area contributed by atoms with Crippen LogP contribution in [0.5, 0.6) is 5.75 Å². The predicted molar refractivity (Wildman–Crippen MR) is 116 cm³/mol. The molecule has 0 saturated carbocycles. The van der Waals surface area contributed by atoms with Gasteiger partial charge in [0.05, 0.1) is 18.4 Å². The number of ether oxygens (including phenoxy) is 1. The summed E-state index contributed by atoms with van der Waals surface area (Å²) in [7, 11) is 1.62. The molecule has 8 heteroatoms. The number of nitrogens with zero attached hydrogens (tertiary/aromatic N) is 3. The second-order valence-electron chi connectivity index (χ2n) is 6.26. The molecule has 2 heterocycles. The van der Waals surface area contributed by atoms with Crippen molar-refractivity contribution in [1.29, 1.82) is 5.26 Å². The van der Waals surface area contributed by atoms with Crippen LogP contribution in [0.1, 0.15) is 23.2 Å². The molecule has 0 saturated heterocycles. The number of rotatable bonds is 7. The van der Waals surface area contributed by atoms with Crippen LogP contribution in [0.15, 0.2) is 40.7 Å². The van der Waals surface area contributed by atoms with Gasteiger partial charge in [-0.3, -0.25) is 4.79 Å². The zero-order valence-electron chi connectivity index (χ0n) is 16.4. The van der Waals surface area contributed by atoms with Gasteiger partial charge < -0.3 is 10.1 Å². The number of thioether (sulfide) groups is 1. The number of hydrogen-bond donors (Lipinski definition) is 1. The second kappa shape index (κ2) is 9.54. The summed E-state index contributed by atoms with van der Waals surface area (Å²) in [5.41, 5.74) is 3.98. The number of anilines is 1. The number of aromatic nitrogens is 2. The van der Waals surface area contributed by atoms with Gasteiger partial charge in [-0.2, -0.15) is 5.26 Å². The monoisotopic (exact) mass is 424 g/mol. The number of benzene rings is 1. The molecule has 0 unspecified atom stereocenters. The maximum atomic E-state index is 12.3. The fraction of sp³-hybridized carbons (Fsp3) is 0.238. The van der Waals surface area contributed by atoms with Crippen molar-refractivity contribution in [1.82, 2.24) is 9.97 Å². The van der Waals surface area contributed by atoms with E-state index >= 15 is 0 Å². The van der Waals surface area contributed by atoms with Crippen molar-refractivity contribution in [2.24, 2.45) is 0 Å². The molecule has 3 rings (SSSR count). The van der Waals surface area contributed by atoms with Gasteiger partial charge in [0.2, 0.25) is 5.91 Å². The average Bonchev–Trinajstić information content (AvgIpc) is 3.15. The standard InChI is InChI=1S/C21H20N4O2S2/c1-13-10-14(2)23-20(16(13)11-22)28-9-8-19(26)25-21-24-17(12-29-21)15-6-4-5-7-18(15)27-3/h4-7,10,12H,8-9H2,1-3H3,(H,24,25,26). The van der Waals surface area contributed by atoms with Crippen LogP contribution in [0.4, 0.5) is 5.13 Å². The number of nitriles is 1. The van der Waals surface area contributed by atoms with Gasteiger partial charge in [0.1, 0.15) is 16.8 Å². The third-order valence-electron chi connectivity index (χ3n) is 4.12. The van der Waals surface area contributed by atoms with E-state index in [9.17, 15) is 10.1 Å². The molecule has 0 aliphatic heterocycles. The Bertz CT molecular complexity index is 1070. The minimum absolute atomic E-state index is 0.124. The van der Waals surface area contributed by atoms with Gasteiger partial charge in [0.25, 0.3) is 0 Å². The average molecular weight is 425 g/mol. The van der Waals surface area contributed by atoms with Crippen LogP contribution in [0.3, 0.4) is 0 Å². The van der Waals surface area contributed by atoms with E-state index in [-0.39, 0.29) is 5.91 Å². The highest BCUT2D eigenvalue weighted by Gasteiger charge is 2.13. The Morgan fingerprint density at radius 1 is 1.31 bits per heavy atom. The van der Waals surface area contributed by atoms with E-state index in [0.29, 0.717) is 27.9 Å². The Balaban J connectivity index is 1.59. The Kier molecular flexibility index (Phi) is 6.86. The molecule has 0 bridgehead atoms. The van der Waals surface area contributed by atoms with Gasteiger partial charge >= 0.3 is 0 Å². The van der Waals surface area contributed by atoms with E-state index in [1.807, 2.05) is 49.6 Å². The van der Waals surface area contributed by atoms with Gasteiger partial charge in [-0.15, -0.1) is 23.1 Å². The molecule has 3 aromatic rings. The number of para-hydroxylation sites is 1. The first-order chi connectivity index (χ1) is 14.0. The molecule has 2 aromatic heterocycles. The molecule has 0 atom stereocenters. The van der Waals surface area contributed by atoms with Gasteiger partial charge in [-0.25, -0.2) is 9.97 Å². The molecule has 1 aromatic carbocycles. The van der Waals surface area contributed by atoms with Crippen molar-refractivity contribution in [3.63, 3.8) is 0 Å². The molecular formula is C21H20N4O2S2. The Morgan fingerprint density at radius 3 is 2.86 bits per heavy atom. The van der Waals surface area contributed by atoms with E-state index in [2.05, 4.69) is 21.4 Å². The Hall–Kier alpha value is -2.89. The SMILES string of the molecule is COc1ccccc1-c1csc(NC(=O)CCSc2nc(C)cc(C)c2C#N)n1. The number of thiazole rings is 1. The molecule has 148 valence electrons. The summed E-state index contributed by atoms with van der Waals surface area (Å²) in [5, 5.41) is 15.3. The smallest absolute Gasteiger partial charge is 0.226 e. The number of methoxy groups -OCH3 is 1. The quantitative estimate of drug-likeness (QED) is 0.547. The summed E-state index contributed by atoms with van der Waals surface area (Å²) in [6, 6.07) is 11.7. The third kappa shape index (κ3) is 5.13. The summed E-state index contributed by atoms with van der Waals surface area (Å²) >= 11 is 2.79. The normalized spacial score (nSPS) is 10.4. The zero-order valence-corrected chi connectivity index (χ0v) is 18.0. The predicted octanol–water partition coefficient (Wildman–Crippen LogP) is 4.82. The first-order valence-electron chi connectivity index (χ1n) is 8.91. The topological polar surface area (TPSA) is 87.9 Å². The van der Waals surface area contributed by atoms with Crippen LogP contribution < -0.4 is 10.1 Å². The van der Waals surface area contributed by atoms with Crippen LogP contribution >= 0.6 is 23.1 Å². The lowest BCUT2D eigenvalue weighted by molar-refractivity contribution is -0.115. The molecule has 1 N–H and O–H groups in total. The van der Waals surface area contributed by atoms with Crippen LogP contribution in [0, 0.1) is 25.2 Å². The largest absolute Gasteiger partial charge is 0.496 e. The summed E-state index contributed by atoms with van der Waals surface area (Å²) < 4.78 is 5.37. The minimum Gasteiger partial charge on any atom is -0.496 e. The molecule has 6 nitrogen and oxygen atoms in total. The van der Waals surface area contributed by atoms with E-state index in [1.54, 1.807) is 7.11 Å². The fourth-order valence-corrected chi connectivity index (χ4v) is 4.54. The molecule has 0 spiro atoms. The highest BCUT2D eigenvalue weighted by molar-refractivity contribution is 7.99. The van der Waals surface area contributed by atoms with Crippen molar-refractivity contribution in [2.75, 3.05) is 18.2 Å². The van der Waals surface area contributed by atoms with Gasteiger partial charge in [-0.05, 0) is 37.6 Å². The minimum atomic E-state index is -0.124. The van der Waals surface area contributed by atoms with E-state index in [4.69, 9.17) is 4.74 Å². The molecule has 1 amide bonds. The Labute approximate surface area is 178 Å². The maximum Gasteiger partial charge on any atom is 0.226 e. The molecule has 29 heavy (non-hydrogen) atoms. The summed E-state index contributed by atoms with van der Waals surface area (Å²) in [4.78, 5) is 21.2. The first-order valence-corrected chi connectivity index (χ1v) is 10.8. The lowest BCUT2D eigenvalue weighted by atomic mass is 10.1. The number of carbonyl (C=O) groups excluding carboxylic acids is 1. The molecular weight excluding hydrogens is 404 g/mol. The van der Waals surface area contributed by atoms with Crippen molar-refractivity contribution >= 4 is 34.1 Å². The second-order valence-corrected chi connectivity index (χ2v) is 8.20. The fourth-order valence-electron chi connectivity index (χ4n) is 2.78. The molecule has 0 radical (unpaired) electrons. The van der Waals surface area contributed by atoms with Gasteiger partial charge in [0.15, 0.2) is 5.13 Å². The third-order valence-corrected chi connectivity index (χ3v) is 5.86. The van der Waals surface area contributed by atoms with Gasteiger partial charge in [-0.1, -0.05) is 12.1 Å². The number of pyridine rings is 1. The maximum absolute atomic E-state index is 12.3. The number of amides is 1.